The maximum absolute atomic E-state index is 12.9. The van der Waals surface area contributed by atoms with Gasteiger partial charge in [0.25, 0.3) is 22.6 Å². The minimum absolute atomic E-state index is 0.203. The van der Waals surface area contributed by atoms with Gasteiger partial charge in [0, 0.05) is 27.2 Å². The summed E-state index contributed by atoms with van der Waals surface area (Å²) in [5.74, 6) is -0.244. The Hall–Kier alpha value is -2.87. The molecule has 0 saturated carbocycles. The van der Waals surface area contributed by atoms with Gasteiger partial charge in [-0.05, 0) is 18.6 Å². The second-order valence-corrected chi connectivity index (χ2v) is 8.66. The van der Waals surface area contributed by atoms with Crippen LogP contribution in [-0.2, 0) is 19.7 Å². The number of amides is 1. The van der Waals surface area contributed by atoms with E-state index < -0.39 is 10.2 Å². The van der Waals surface area contributed by atoms with Crippen molar-refractivity contribution < 1.29 is 27.9 Å². The van der Waals surface area contributed by atoms with Crippen LogP contribution in [0.5, 0.6) is 0 Å². The first-order valence-electron chi connectivity index (χ1n) is 9.41. The maximum Gasteiger partial charge on any atom is 0.290 e. The first-order chi connectivity index (χ1) is 14.8. The highest BCUT2D eigenvalue weighted by atomic mass is 32.2. The van der Waals surface area contributed by atoms with Gasteiger partial charge in [-0.15, -0.1) is 5.10 Å². The molecule has 0 bridgehead atoms. The molecule has 12 nitrogen and oxygen atoms in total. The minimum Gasteiger partial charge on any atom is -0.483 e. The zero-order valence-corrected chi connectivity index (χ0v) is 18.1. The van der Waals surface area contributed by atoms with E-state index in [4.69, 9.17) is 14.6 Å². The number of aromatic nitrogens is 3. The molecule has 1 aromatic carbocycles. The molecule has 1 unspecified atom stereocenters. The Morgan fingerprint density at radius 1 is 1.35 bits per heavy atom. The van der Waals surface area contributed by atoms with Crippen molar-refractivity contribution in [2.45, 2.75) is 12.5 Å². The molecule has 1 fully saturated rings. The molecule has 2 aromatic rings. The van der Waals surface area contributed by atoms with E-state index in [1.807, 2.05) is 30.3 Å². The summed E-state index contributed by atoms with van der Waals surface area (Å²) in [6.07, 6.45) is 2.03. The molecule has 1 aliphatic rings. The van der Waals surface area contributed by atoms with Crippen LogP contribution in [0.4, 0.5) is 0 Å². The Labute approximate surface area is 180 Å². The quantitative estimate of drug-likeness (QED) is 0.537. The SMILES string of the molecule is CN(C)S(=O)(=O)NCCC1COCCN1C(=O)c1cn(-c2ccccc2)nn1.O=CO. The van der Waals surface area contributed by atoms with Crippen molar-refractivity contribution >= 4 is 22.6 Å². The molecule has 13 heteroatoms. The molecule has 0 aliphatic carbocycles. The lowest BCUT2D eigenvalue weighted by molar-refractivity contribution is -0.122. The third kappa shape index (κ3) is 6.82. The number of carbonyl (C=O) groups is 2. The Morgan fingerprint density at radius 3 is 2.68 bits per heavy atom. The van der Waals surface area contributed by atoms with Gasteiger partial charge >= 0.3 is 0 Å². The van der Waals surface area contributed by atoms with Crippen LogP contribution in [0, 0.1) is 0 Å². The third-order valence-corrected chi connectivity index (χ3v) is 5.99. The van der Waals surface area contributed by atoms with Gasteiger partial charge in [0.1, 0.15) is 0 Å². The van der Waals surface area contributed by atoms with Gasteiger partial charge in [0.15, 0.2) is 5.69 Å². The maximum atomic E-state index is 12.9. The monoisotopic (exact) mass is 454 g/mol. The number of nitrogens with zero attached hydrogens (tertiary/aromatic N) is 5. The number of benzene rings is 1. The standard InChI is InChI=1S/C17H24N6O4S.CH2O2/c1-21(2)28(25,26)18-9-8-15-13-27-11-10-22(15)17(24)16-12-23(20-19-16)14-6-4-3-5-7-14;2-1-3/h3-7,12,15,18H,8-11,13H2,1-2H3;1H,(H,2,3). The predicted octanol–water partition coefficient (Wildman–Crippen LogP) is -0.405. The molecular formula is C18H26N6O6S. The number of nitrogens with one attached hydrogen (secondary N) is 1. The van der Waals surface area contributed by atoms with Crippen molar-refractivity contribution in [1.82, 2.24) is 28.9 Å². The highest BCUT2D eigenvalue weighted by molar-refractivity contribution is 7.87. The van der Waals surface area contributed by atoms with E-state index in [0.717, 1.165) is 9.99 Å². The smallest absolute Gasteiger partial charge is 0.290 e. The zero-order chi connectivity index (χ0) is 22.9. The van der Waals surface area contributed by atoms with Gasteiger partial charge in [0.2, 0.25) is 0 Å². The second-order valence-electron chi connectivity index (χ2n) is 6.69. The third-order valence-electron chi connectivity index (χ3n) is 4.46. The molecule has 1 amide bonds. The Bertz CT molecular complexity index is 949. The lowest BCUT2D eigenvalue weighted by Crippen LogP contribution is -2.50. The summed E-state index contributed by atoms with van der Waals surface area (Å²) in [7, 11) is -0.590. The average molecular weight is 455 g/mol. The summed E-state index contributed by atoms with van der Waals surface area (Å²) in [4.78, 5) is 23.0. The normalized spacial score (nSPS) is 16.5. The number of morpholine rings is 1. The molecule has 31 heavy (non-hydrogen) atoms. The van der Waals surface area contributed by atoms with E-state index >= 15 is 0 Å². The highest BCUT2D eigenvalue weighted by Gasteiger charge is 2.30. The summed E-state index contributed by atoms with van der Waals surface area (Å²) in [5.41, 5.74) is 1.05. The summed E-state index contributed by atoms with van der Waals surface area (Å²) < 4.78 is 34.3. The van der Waals surface area contributed by atoms with Crippen molar-refractivity contribution in [1.29, 1.82) is 0 Å². The van der Waals surface area contributed by atoms with Gasteiger partial charge in [-0.3, -0.25) is 9.59 Å². The van der Waals surface area contributed by atoms with E-state index in [0.29, 0.717) is 26.2 Å². The van der Waals surface area contributed by atoms with Crippen LogP contribution in [0.3, 0.4) is 0 Å². The first kappa shape index (κ1) is 24.4. The number of carboxylic acid groups (broad SMARTS) is 1. The minimum atomic E-state index is -3.50. The fourth-order valence-corrected chi connectivity index (χ4v) is 3.49. The molecule has 2 heterocycles. The van der Waals surface area contributed by atoms with E-state index in [1.165, 1.54) is 14.1 Å². The molecular weight excluding hydrogens is 428 g/mol. The summed E-state index contributed by atoms with van der Waals surface area (Å²) in [6.45, 7) is 1.15. The fraction of sp³-hybridized carbons (Fsp3) is 0.444. The zero-order valence-electron chi connectivity index (χ0n) is 17.3. The van der Waals surface area contributed by atoms with Crippen LogP contribution in [0.15, 0.2) is 36.5 Å². The van der Waals surface area contributed by atoms with Crippen molar-refractivity contribution in [3.05, 3.63) is 42.2 Å². The van der Waals surface area contributed by atoms with E-state index in [1.54, 1.807) is 15.8 Å². The summed E-state index contributed by atoms with van der Waals surface area (Å²) in [6, 6.07) is 9.16. The molecule has 1 atom stereocenters. The molecule has 3 rings (SSSR count). The Balaban J connectivity index is 0.00000107. The molecule has 1 saturated heterocycles. The van der Waals surface area contributed by atoms with Crippen LogP contribution in [-0.4, -0.2) is 96.5 Å². The van der Waals surface area contributed by atoms with E-state index in [-0.39, 0.29) is 30.7 Å². The molecule has 1 aliphatic heterocycles. The Kier molecular flexibility index (Phi) is 9.05. The first-order valence-corrected chi connectivity index (χ1v) is 10.9. The van der Waals surface area contributed by atoms with Crippen molar-refractivity contribution in [3.63, 3.8) is 0 Å². The number of para-hydroxylation sites is 1. The van der Waals surface area contributed by atoms with Gasteiger partial charge in [-0.1, -0.05) is 23.4 Å². The van der Waals surface area contributed by atoms with E-state index in [9.17, 15) is 13.2 Å². The lowest BCUT2D eigenvalue weighted by atomic mass is 10.1. The van der Waals surface area contributed by atoms with Crippen molar-refractivity contribution in [3.8, 4) is 5.69 Å². The molecule has 0 radical (unpaired) electrons. The number of carbonyl (C=O) groups excluding carboxylic acids is 1. The van der Waals surface area contributed by atoms with Crippen molar-refractivity contribution in [2.24, 2.45) is 0 Å². The molecule has 0 spiro atoms. The van der Waals surface area contributed by atoms with Gasteiger partial charge in [0.05, 0.1) is 31.1 Å². The van der Waals surface area contributed by atoms with E-state index in [2.05, 4.69) is 15.0 Å². The number of ether oxygens (including phenoxy) is 1. The summed E-state index contributed by atoms with van der Waals surface area (Å²) in [5, 5.41) is 14.9. The Morgan fingerprint density at radius 2 is 2.03 bits per heavy atom. The largest absolute Gasteiger partial charge is 0.483 e. The highest BCUT2D eigenvalue weighted by Crippen LogP contribution is 2.15. The van der Waals surface area contributed by atoms with Gasteiger partial charge in [-0.2, -0.15) is 12.7 Å². The summed E-state index contributed by atoms with van der Waals surface area (Å²) >= 11 is 0. The topological polar surface area (TPSA) is 147 Å². The molecule has 170 valence electrons. The lowest BCUT2D eigenvalue weighted by Gasteiger charge is -2.35. The van der Waals surface area contributed by atoms with Crippen LogP contribution in [0.25, 0.3) is 5.69 Å². The van der Waals surface area contributed by atoms with Crippen LogP contribution >= 0.6 is 0 Å². The number of rotatable bonds is 7. The van der Waals surface area contributed by atoms with Gasteiger partial charge in [-0.25, -0.2) is 9.40 Å². The molecule has 1 aromatic heterocycles. The van der Waals surface area contributed by atoms with Crippen LogP contribution < -0.4 is 4.72 Å². The predicted molar refractivity (Wildman–Crippen MR) is 111 cm³/mol. The molecule has 2 N–H and O–H groups in total. The van der Waals surface area contributed by atoms with Crippen molar-refractivity contribution in [2.75, 3.05) is 40.4 Å². The van der Waals surface area contributed by atoms with Crippen LogP contribution in [0.1, 0.15) is 16.9 Å². The number of hydrogen-bond donors (Lipinski definition) is 2. The average Bonchev–Trinajstić information content (AvgIpc) is 3.25. The number of hydrogen-bond acceptors (Lipinski definition) is 7. The fourth-order valence-electron chi connectivity index (χ4n) is 2.86. The van der Waals surface area contributed by atoms with Crippen LogP contribution in [0.2, 0.25) is 0 Å². The van der Waals surface area contributed by atoms with Gasteiger partial charge < -0.3 is 14.7 Å². The second kappa shape index (κ2) is 11.5.